The van der Waals surface area contributed by atoms with Gasteiger partial charge in [-0.15, -0.1) is 0 Å². The molecule has 22 heavy (non-hydrogen) atoms. The summed E-state index contributed by atoms with van der Waals surface area (Å²) in [6, 6.07) is -1.03. The maximum Gasteiger partial charge on any atom is 0.326 e. The van der Waals surface area contributed by atoms with Crippen LogP contribution >= 0.6 is 31.9 Å². The fraction of sp³-hybridized carbons (Fsp3) is 0.800. The van der Waals surface area contributed by atoms with Crippen LogP contribution in [0.3, 0.4) is 0 Å². The van der Waals surface area contributed by atoms with Crippen molar-refractivity contribution >= 4 is 49.6 Å². The molecular weight excluding hydrogens is 418 g/mol. The van der Waals surface area contributed by atoms with E-state index in [1.807, 2.05) is 13.8 Å². The second-order valence-corrected chi connectivity index (χ2v) is 9.15. The summed E-state index contributed by atoms with van der Waals surface area (Å²) in [5, 5.41) is 9.47. The van der Waals surface area contributed by atoms with E-state index in [1.54, 1.807) is 0 Å². The molecule has 2 bridgehead atoms. The SMILES string of the molecule is CC(C)C[C@H](C(=O)O)N1C(=O)[C@@H]2[C@H]3C[C@@H]([C@@H](Br)[C@H]3Br)[C@H]2C1=O. The number of likely N-dealkylation sites (tertiary alicyclic amines) is 1. The van der Waals surface area contributed by atoms with Crippen molar-refractivity contribution in [1.29, 1.82) is 0 Å². The lowest BCUT2D eigenvalue weighted by Gasteiger charge is -2.28. The second kappa shape index (κ2) is 5.58. The van der Waals surface area contributed by atoms with Gasteiger partial charge in [0.2, 0.25) is 11.8 Å². The molecule has 3 fully saturated rings. The number of amides is 2. The normalized spacial score (nSPS) is 41.4. The molecule has 0 aromatic rings. The molecule has 1 heterocycles. The van der Waals surface area contributed by atoms with E-state index in [0.717, 1.165) is 11.3 Å². The van der Waals surface area contributed by atoms with Crippen molar-refractivity contribution in [3.63, 3.8) is 0 Å². The first-order chi connectivity index (χ1) is 10.3. The number of halogens is 2. The molecule has 7 atom stereocenters. The predicted octanol–water partition coefficient (Wildman–Crippen LogP) is 2.26. The van der Waals surface area contributed by atoms with Crippen LogP contribution in [-0.4, -0.2) is 43.5 Å². The van der Waals surface area contributed by atoms with E-state index in [4.69, 9.17) is 0 Å². The van der Waals surface area contributed by atoms with Crippen molar-refractivity contribution in [1.82, 2.24) is 4.90 Å². The van der Waals surface area contributed by atoms with Crippen molar-refractivity contribution in [3.8, 4) is 0 Å². The molecular formula is C15H19Br2NO4. The van der Waals surface area contributed by atoms with Gasteiger partial charge in [0.1, 0.15) is 6.04 Å². The maximum atomic E-state index is 12.8. The zero-order valence-corrected chi connectivity index (χ0v) is 15.6. The van der Waals surface area contributed by atoms with E-state index in [9.17, 15) is 19.5 Å². The maximum absolute atomic E-state index is 12.8. The van der Waals surface area contributed by atoms with E-state index in [0.29, 0.717) is 6.42 Å². The molecule has 122 valence electrons. The zero-order chi connectivity index (χ0) is 16.3. The number of aliphatic carboxylic acids is 1. The Balaban J connectivity index is 1.92. The number of carbonyl (C=O) groups is 3. The molecule has 1 aliphatic heterocycles. The van der Waals surface area contributed by atoms with Crippen LogP contribution in [0.1, 0.15) is 26.7 Å². The van der Waals surface area contributed by atoms with Crippen LogP contribution < -0.4 is 0 Å². The monoisotopic (exact) mass is 435 g/mol. The Hall–Kier alpha value is -0.430. The van der Waals surface area contributed by atoms with Crippen LogP contribution in [0.25, 0.3) is 0 Å². The molecule has 0 aromatic heterocycles. The first-order valence-corrected chi connectivity index (χ1v) is 9.46. The lowest BCUT2D eigenvalue weighted by atomic mass is 9.81. The van der Waals surface area contributed by atoms with Gasteiger partial charge in [-0.3, -0.25) is 14.5 Å². The van der Waals surface area contributed by atoms with Gasteiger partial charge in [0.15, 0.2) is 0 Å². The predicted molar refractivity (Wildman–Crippen MR) is 86.7 cm³/mol. The summed E-state index contributed by atoms with van der Waals surface area (Å²) >= 11 is 7.25. The minimum absolute atomic E-state index is 0.103. The Morgan fingerprint density at radius 3 is 2.00 bits per heavy atom. The Labute approximate surface area is 146 Å². The smallest absolute Gasteiger partial charge is 0.326 e. The summed E-state index contributed by atoms with van der Waals surface area (Å²) in [6.07, 6.45) is 1.16. The molecule has 7 heteroatoms. The van der Waals surface area contributed by atoms with Gasteiger partial charge in [-0.1, -0.05) is 45.7 Å². The van der Waals surface area contributed by atoms with E-state index in [-0.39, 0.29) is 51.1 Å². The highest BCUT2D eigenvalue weighted by molar-refractivity contribution is 9.12. The largest absolute Gasteiger partial charge is 0.480 e. The van der Waals surface area contributed by atoms with E-state index in [2.05, 4.69) is 31.9 Å². The number of carboxylic acids is 1. The molecule has 0 aromatic carbocycles. The van der Waals surface area contributed by atoms with Gasteiger partial charge in [0, 0.05) is 9.65 Å². The fourth-order valence-corrected chi connectivity index (χ4v) is 6.32. The Morgan fingerprint density at radius 1 is 1.18 bits per heavy atom. The highest BCUT2D eigenvalue weighted by Crippen LogP contribution is 2.60. The van der Waals surface area contributed by atoms with E-state index >= 15 is 0 Å². The number of imide groups is 1. The summed E-state index contributed by atoms with van der Waals surface area (Å²) in [4.78, 5) is 38.5. The topological polar surface area (TPSA) is 74.7 Å². The Kier molecular flexibility index (Phi) is 4.17. The average molecular weight is 437 g/mol. The minimum Gasteiger partial charge on any atom is -0.480 e. The highest BCUT2D eigenvalue weighted by atomic mass is 79.9. The molecule has 1 N–H and O–H groups in total. The van der Waals surface area contributed by atoms with Crippen LogP contribution in [-0.2, 0) is 14.4 Å². The number of nitrogens with zero attached hydrogens (tertiary/aromatic N) is 1. The van der Waals surface area contributed by atoms with Crippen molar-refractivity contribution < 1.29 is 19.5 Å². The van der Waals surface area contributed by atoms with Gasteiger partial charge < -0.3 is 5.11 Å². The van der Waals surface area contributed by atoms with Gasteiger partial charge in [-0.2, -0.15) is 0 Å². The van der Waals surface area contributed by atoms with Crippen LogP contribution in [0.5, 0.6) is 0 Å². The lowest BCUT2D eigenvalue weighted by Crippen LogP contribution is -2.47. The zero-order valence-electron chi connectivity index (χ0n) is 12.4. The van der Waals surface area contributed by atoms with Crippen LogP contribution in [0.2, 0.25) is 0 Å². The van der Waals surface area contributed by atoms with Gasteiger partial charge in [0.05, 0.1) is 11.8 Å². The number of hydrogen-bond donors (Lipinski definition) is 1. The summed E-state index contributed by atoms with van der Waals surface area (Å²) in [7, 11) is 0. The third-order valence-corrected chi connectivity index (χ3v) is 8.52. The quantitative estimate of drug-likeness (QED) is 0.541. The molecule has 3 aliphatic rings. The standard InChI is InChI=1S/C15H19Br2NO4/c1-5(2)3-8(15(21)22)18-13(19)9-6-4-7(10(9)14(18)20)12(17)11(6)16/h5-12H,3-4H2,1-2H3,(H,21,22)/t6-,7-,8-,9-,10-,11-,12+/m1/s1. The molecule has 0 unspecified atom stereocenters. The van der Waals surface area contributed by atoms with Crippen LogP contribution in [0, 0.1) is 29.6 Å². The van der Waals surface area contributed by atoms with Crippen molar-refractivity contribution in [2.24, 2.45) is 29.6 Å². The molecule has 2 saturated carbocycles. The minimum atomic E-state index is -1.09. The highest BCUT2D eigenvalue weighted by Gasteiger charge is 2.67. The summed E-state index contributed by atoms with van der Waals surface area (Å²) in [6.45, 7) is 3.79. The molecule has 1 saturated heterocycles. The van der Waals surface area contributed by atoms with Gasteiger partial charge in [-0.05, 0) is 30.6 Å². The average Bonchev–Trinajstić information content (AvgIpc) is 3.02. The Morgan fingerprint density at radius 2 is 1.64 bits per heavy atom. The second-order valence-electron chi connectivity index (χ2n) is 7.03. The summed E-state index contributed by atoms with van der Waals surface area (Å²) in [5.41, 5.74) is 0. The number of rotatable bonds is 4. The van der Waals surface area contributed by atoms with Crippen LogP contribution in [0.4, 0.5) is 0 Å². The van der Waals surface area contributed by atoms with Gasteiger partial charge in [-0.25, -0.2) is 4.79 Å². The lowest BCUT2D eigenvalue weighted by molar-refractivity contribution is -0.156. The van der Waals surface area contributed by atoms with Gasteiger partial charge in [0.25, 0.3) is 0 Å². The first kappa shape index (κ1) is 16.4. The summed E-state index contributed by atoms with van der Waals surface area (Å²) < 4.78 is 0. The van der Waals surface area contributed by atoms with Crippen LogP contribution in [0.15, 0.2) is 0 Å². The van der Waals surface area contributed by atoms with Crippen molar-refractivity contribution in [2.75, 3.05) is 0 Å². The summed E-state index contributed by atoms with van der Waals surface area (Å²) in [5.74, 6) is -1.99. The number of fused-ring (bicyclic) bond motifs is 5. The van der Waals surface area contributed by atoms with Crippen molar-refractivity contribution in [2.45, 2.75) is 42.4 Å². The molecule has 2 amide bonds. The number of hydrogen-bond acceptors (Lipinski definition) is 3. The first-order valence-electron chi connectivity index (χ1n) is 7.63. The Bertz CT molecular complexity index is 506. The van der Waals surface area contributed by atoms with E-state index < -0.39 is 12.0 Å². The number of alkyl halides is 2. The third-order valence-electron chi connectivity index (χ3n) is 5.31. The van der Waals surface area contributed by atoms with Gasteiger partial charge >= 0.3 is 5.97 Å². The molecule has 5 nitrogen and oxygen atoms in total. The molecule has 2 aliphatic carbocycles. The molecule has 3 rings (SSSR count). The molecule has 0 radical (unpaired) electrons. The fourth-order valence-electron chi connectivity index (χ4n) is 4.44. The number of carboxylic acid groups (broad SMARTS) is 1. The number of carbonyl (C=O) groups excluding carboxylic acids is 2. The molecule has 0 spiro atoms. The van der Waals surface area contributed by atoms with E-state index in [1.165, 1.54) is 0 Å². The van der Waals surface area contributed by atoms with Crippen molar-refractivity contribution in [3.05, 3.63) is 0 Å². The third kappa shape index (κ3) is 2.19.